The van der Waals surface area contributed by atoms with Crippen molar-refractivity contribution in [2.45, 2.75) is 65.1 Å². The molecule has 1 atom stereocenters. The molecule has 0 aromatic carbocycles. The van der Waals surface area contributed by atoms with Crippen LogP contribution in [0, 0.1) is 5.41 Å². The second-order valence-electron chi connectivity index (χ2n) is 6.79. The normalized spacial score (nSPS) is 17.3. The second-order valence-corrected chi connectivity index (χ2v) is 8.36. The summed E-state index contributed by atoms with van der Waals surface area (Å²) in [6.45, 7) is 2.88. The number of carbonyl (C=O) groups excluding carboxylic acids is 3. The highest BCUT2D eigenvalue weighted by atomic mass is 32.2. The van der Waals surface area contributed by atoms with Gasteiger partial charge in [-0.3, -0.25) is 9.35 Å². The maximum Gasteiger partial charge on any atom is 0.410 e. The number of hydrogen-bond acceptors (Lipinski definition) is 7. The van der Waals surface area contributed by atoms with Crippen molar-refractivity contribution in [3.63, 3.8) is 0 Å². The van der Waals surface area contributed by atoms with E-state index in [2.05, 4.69) is 5.32 Å². The van der Waals surface area contributed by atoms with Gasteiger partial charge < -0.3 is 19.6 Å². The van der Waals surface area contributed by atoms with Crippen LogP contribution in [0.4, 0.5) is 4.79 Å². The van der Waals surface area contributed by atoms with Gasteiger partial charge in [0, 0.05) is 19.9 Å². The number of esters is 1. The number of rotatable bonds is 10. The molecule has 1 unspecified atom stereocenters. The van der Waals surface area contributed by atoms with Crippen LogP contribution in [0.25, 0.3) is 0 Å². The lowest BCUT2D eigenvalue weighted by atomic mass is 9.78. The smallest absolute Gasteiger partial charge is 0.410 e. The standard InChI is InChI=1S/C16H27NO8S/c1-12(18)10-16(6-3-4-7-16)11-14(19)24-13(2)25-15(20)17-8-5-9-26(21,22)23/h13H,3-11H2,1-2H3,(H,17,20)(H,21,22,23). The molecule has 2 N–H and O–H groups in total. The number of ether oxygens (including phenoxy) is 2. The van der Waals surface area contributed by atoms with Gasteiger partial charge in [0.15, 0.2) is 0 Å². The van der Waals surface area contributed by atoms with Crippen molar-refractivity contribution in [1.29, 1.82) is 0 Å². The monoisotopic (exact) mass is 393 g/mol. The topological polar surface area (TPSA) is 136 Å². The first-order valence-corrected chi connectivity index (χ1v) is 10.2. The largest absolute Gasteiger partial charge is 0.425 e. The van der Waals surface area contributed by atoms with Crippen LogP contribution in [0.15, 0.2) is 0 Å². The van der Waals surface area contributed by atoms with Gasteiger partial charge >= 0.3 is 12.1 Å². The molecule has 26 heavy (non-hydrogen) atoms. The summed E-state index contributed by atoms with van der Waals surface area (Å²) in [5.41, 5.74) is -0.360. The molecule has 1 saturated carbocycles. The fourth-order valence-corrected chi connectivity index (χ4v) is 3.77. The van der Waals surface area contributed by atoms with Crippen molar-refractivity contribution in [1.82, 2.24) is 5.32 Å². The third-order valence-corrected chi connectivity index (χ3v) is 5.03. The van der Waals surface area contributed by atoms with E-state index in [1.165, 1.54) is 13.8 Å². The Kier molecular flexibility index (Phi) is 8.48. The molecule has 0 aliphatic heterocycles. The fourth-order valence-electron chi connectivity index (χ4n) is 3.26. The van der Waals surface area contributed by atoms with E-state index in [0.717, 1.165) is 25.7 Å². The number of ketones is 1. The lowest BCUT2D eigenvalue weighted by molar-refractivity contribution is -0.167. The molecule has 1 amide bonds. The zero-order chi connectivity index (χ0) is 19.8. The molecule has 10 heteroatoms. The predicted molar refractivity (Wildman–Crippen MR) is 91.9 cm³/mol. The van der Waals surface area contributed by atoms with E-state index in [-0.39, 0.29) is 30.6 Å². The van der Waals surface area contributed by atoms with E-state index < -0.39 is 34.2 Å². The summed E-state index contributed by atoms with van der Waals surface area (Å²) < 4.78 is 39.6. The Morgan fingerprint density at radius 1 is 1.15 bits per heavy atom. The summed E-state index contributed by atoms with van der Waals surface area (Å²) in [4.78, 5) is 35.1. The van der Waals surface area contributed by atoms with Gasteiger partial charge in [-0.05, 0) is 31.6 Å². The van der Waals surface area contributed by atoms with Gasteiger partial charge in [0.2, 0.25) is 6.29 Å². The van der Waals surface area contributed by atoms with Crippen LogP contribution in [0.5, 0.6) is 0 Å². The number of amides is 1. The van der Waals surface area contributed by atoms with Gasteiger partial charge in [-0.1, -0.05) is 12.8 Å². The molecule has 0 aromatic heterocycles. The summed E-state index contributed by atoms with van der Waals surface area (Å²) in [7, 11) is -4.07. The molecule has 0 radical (unpaired) electrons. The first kappa shape index (κ1) is 22.4. The Morgan fingerprint density at radius 2 is 1.77 bits per heavy atom. The second kappa shape index (κ2) is 9.86. The van der Waals surface area contributed by atoms with Crippen LogP contribution in [0.1, 0.15) is 58.8 Å². The molecule has 150 valence electrons. The first-order chi connectivity index (χ1) is 12.0. The molecule has 9 nitrogen and oxygen atoms in total. The Bertz CT molecular complexity index is 610. The molecule has 1 aliphatic carbocycles. The van der Waals surface area contributed by atoms with Crippen LogP contribution in [-0.4, -0.2) is 49.4 Å². The van der Waals surface area contributed by atoms with Crippen molar-refractivity contribution in [3.05, 3.63) is 0 Å². The molecule has 0 aromatic rings. The Balaban J connectivity index is 2.34. The van der Waals surface area contributed by atoms with E-state index in [9.17, 15) is 22.8 Å². The number of nitrogens with one attached hydrogen (secondary N) is 1. The van der Waals surface area contributed by atoms with Crippen molar-refractivity contribution in [2.24, 2.45) is 5.41 Å². The van der Waals surface area contributed by atoms with E-state index in [4.69, 9.17) is 14.0 Å². The maximum atomic E-state index is 12.1. The minimum absolute atomic E-state index is 0.0129. The average Bonchev–Trinajstić information content (AvgIpc) is 2.89. The van der Waals surface area contributed by atoms with Crippen LogP contribution in [0.3, 0.4) is 0 Å². The fraction of sp³-hybridized carbons (Fsp3) is 0.812. The van der Waals surface area contributed by atoms with Crippen molar-refractivity contribution in [3.8, 4) is 0 Å². The molecule has 1 aliphatic rings. The van der Waals surface area contributed by atoms with Crippen molar-refractivity contribution in [2.75, 3.05) is 12.3 Å². The van der Waals surface area contributed by atoms with E-state index in [1.54, 1.807) is 0 Å². The molecule has 0 spiro atoms. The molecule has 0 bridgehead atoms. The molecule has 0 heterocycles. The van der Waals surface area contributed by atoms with Crippen LogP contribution in [0.2, 0.25) is 0 Å². The summed E-state index contributed by atoms with van der Waals surface area (Å²) in [6, 6.07) is 0. The number of Topliss-reactive ketones (excluding diaryl/α,β-unsaturated/α-hetero) is 1. The third-order valence-electron chi connectivity index (χ3n) is 4.23. The minimum Gasteiger partial charge on any atom is -0.425 e. The zero-order valence-corrected chi connectivity index (χ0v) is 16.0. The van der Waals surface area contributed by atoms with Gasteiger partial charge in [-0.25, -0.2) is 4.79 Å². The molecule has 0 saturated heterocycles. The van der Waals surface area contributed by atoms with Crippen LogP contribution < -0.4 is 5.32 Å². The third kappa shape index (κ3) is 9.14. The van der Waals surface area contributed by atoms with Crippen LogP contribution in [-0.2, 0) is 29.2 Å². The van der Waals surface area contributed by atoms with Crippen LogP contribution >= 0.6 is 0 Å². The van der Waals surface area contributed by atoms with Gasteiger partial charge in [0.25, 0.3) is 10.1 Å². The highest BCUT2D eigenvalue weighted by Crippen LogP contribution is 2.44. The summed E-state index contributed by atoms with van der Waals surface area (Å²) in [5, 5.41) is 2.29. The minimum atomic E-state index is -4.07. The first-order valence-electron chi connectivity index (χ1n) is 8.60. The van der Waals surface area contributed by atoms with E-state index in [0.29, 0.717) is 6.42 Å². The van der Waals surface area contributed by atoms with E-state index in [1.807, 2.05) is 0 Å². The van der Waals surface area contributed by atoms with Crippen molar-refractivity contribution >= 4 is 28.0 Å². The number of carbonyl (C=O) groups is 3. The zero-order valence-electron chi connectivity index (χ0n) is 15.2. The molecule has 1 fully saturated rings. The maximum absolute atomic E-state index is 12.1. The Morgan fingerprint density at radius 3 is 2.31 bits per heavy atom. The van der Waals surface area contributed by atoms with Gasteiger partial charge in [0.05, 0.1) is 12.2 Å². The highest BCUT2D eigenvalue weighted by molar-refractivity contribution is 7.85. The molecule has 1 rings (SSSR count). The molecular formula is C16H27NO8S. The lowest BCUT2D eigenvalue weighted by Crippen LogP contribution is -2.32. The van der Waals surface area contributed by atoms with Gasteiger partial charge in [0.1, 0.15) is 5.78 Å². The summed E-state index contributed by atoms with van der Waals surface area (Å²) >= 11 is 0. The number of alkyl carbamates (subject to hydrolysis) is 1. The van der Waals surface area contributed by atoms with Gasteiger partial charge in [-0.2, -0.15) is 8.42 Å². The van der Waals surface area contributed by atoms with Gasteiger partial charge in [-0.15, -0.1) is 0 Å². The lowest BCUT2D eigenvalue weighted by Gasteiger charge is -2.27. The average molecular weight is 393 g/mol. The Hall–Kier alpha value is -1.68. The predicted octanol–water partition coefficient (Wildman–Crippen LogP) is 1.81. The van der Waals surface area contributed by atoms with E-state index >= 15 is 0 Å². The quantitative estimate of drug-likeness (QED) is 0.248. The van der Waals surface area contributed by atoms with Crippen molar-refractivity contribution < 1.29 is 36.8 Å². The number of hydrogen-bond donors (Lipinski definition) is 2. The summed E-state index contributed by atoms with van der Waals surface area (Å²) in [6.07, 6.45) is 2.03. The summed E-state index contributed by atoms with van der Waals surface area (Å²) in [5.74, 6) is -0.969. The highest BCUT2D eigenvalue weighted by Gasteiger charge is 2.38. The Labute approximate surface area is 153 Å². The molecular weight excluding hydrogens is 366 g/mol. The SMILES string of the molecule is CC(=O)CC1(CC(=O)OC(C)OC(=O)NCCCS(=O)(=O)O)CCCC1.